The second-order valence-corrected chi connectivity index (χ2v) is 6.02. The van der Waals surface area contributed by atoms with Crippen LogP contribution in [0.1, 0.15) is 39.0 Å². The summed E-state index contributed by atoms with van der Waals surface area (Å²) >= 11 is 0. The molecule has 4 atom stereocenters. The Bertz CT molecular complexity index is 432. The number of carbonyl (C=O) groups is 1. The lowest BCUT2D eigenvalue weighted by Gasteiger charge is -2.28. The Hall–Kier alpha value is -1.46. The average molecular weight is 263 g/mol. The van der Waals surface area contributed by atoms with Gasteiger partial charge in [-0.15, -0.1) is 5.10 Å². The minimum Gasteiger partial charge on any atom is -0.353 e. The van der Waals surface area contributed by atoms with Crippen LogP contribution in [0.3, 0.4) is 0 Å². The number of rotatable bonds is 5. The van der Waals surface area contributed by atoms with Gasteiger partial charge in [0.25, 0.3) is 0 Å². The van der Waals surface area contributed by atoms with Crippen molar-refractivity contribution in [2.75, 3.05) is 0 Å². The zero-order valence-corrected chi connectivity index (χ0v) is 11.3. The molecule has 6 nitrogen and oxygen atoms in total. The van der Waals surface area contributed by atoms with E-state index in [2.05, 4.69) is 27.8 Å². The maximum atomic E-state index is 11.9. The Kier molecular flexibility index (Phi) is 3.48. The zero-order chi connectivity index (χ0) is 13.2. The topological polar surface area (TPSA) is 72.7 Å². The lowest BCUT2D eigenvalue weighted by Crippen LogP contribution is -2.40. The van der Waals surface area contributed by atoms with Gasteiger partial charge >= 0.3 is 0 Å². The van der Waals surface area contributed by atoms with Crippen molar-refractivity contribution < 1.29 is 4.79 Å². The number of aryl methyl sites for hydroxylation is 1. The second kappa shape index (κ2) is 5.27. The normalized spacial score (nSPS) is 30.5. The number of carbonyl (C=O) groups excluding carboxylic acids is 1. The monoisotopic (exact) mass is 263 g/mol. The maximum absolute atomic E-state index is 11.9. The van der Waals surface area contributed by atoms with Crippen LogP contribution in [-0.2, 0) is 11.3 Å². The predicted molar refractivity (Wildman–Crippen MR) is 69.0 cm³/mol. The van der Waals surface area contributed by atoms with Gasteiger partial charge in [-0.2, -0.15) is 0 Å². The molecule has 1 N–H and O–H groups in total. The first-order valence-corrected chi connectivity index (χ1v) is 7.22. The van der Waals surface area contributed by atoms with Gasteiger partial charge in [0.2, 0.25) is 5.91 Å². The van der Waals surface area contributed by atoms with Gasteiger partial charge in [-0.3, -0.25) is 4.79 Å². The minimum atomic E-state index is 0.103. The van der Waals surface area contributed by atoms with Crippen molar-refractivity contribution in [3.8, 4) is 0 Å². The molecule has 2 aliphatic rings. The molecule has 1 heterocycles. The summed E-state index contributed by atoms with van der Waals surface area (Å²) in [6.07, 6.45) is 7.43. The Morgan fingerprint density at radius 3 is 3.00 bits per heavy atom. The summed E-state index contributed by atoms with van der Waals surface area (Å²) in [4.78, 5) is 11.9. The van der Waals surface area contributed by atoms with E-state index in [1.807, 2.05) is 0 Å². The van der Waals surface area contributed by atoms with Crippen molar-refractivity contribution in [2.24, 2.45) is 17.8 Å². The molecule has 1 aromatic heterocycles. The molecule has 1 aromatic rings. The molecule has 2 fully saturated rings. The fraction of sp³-hybridized carbons (Fsp3) is 0.846. The zero-order valence-electron chi connectivity index (χ0n) is 11.3. The Morgan fingerprint density at radius 2 is 2.37 bits per heavy atom. The fourth-order valence-electron chi connectivity index (χ4n) is 3.84. The van der Waals surface area contributed by atoms with Crippen LogP contribution in [0.25, 0.3) is 0 Å². The molecule has 0 saturated heterocycles. The van der Waals surface area contributed by atoms with Crippen molar-refractivity contribution in [3.63, 3.8) is 0 Å². The fourth-order valence-corrected chi connectivity index (χ4v) is 3.84. The van der Waals surface area contributed by atoms with Crippen LogP contribution in [0.5, 0.6) is 0 Å². The van der Waals surface area contributed by atoms with Gasteiger partial charge in [0.15, 0.2) is 0 Å². The molecule has 0 aliphatic heterocycles. The Balaban J connectivity index is 1.44. The van der Waals surface area contributed by atoms with Gasteiger partial charge in [0, 0.05) is 12.5 Å². The van der Waals surface area contributed by atoms with Gasteiger partial charge in [0.05, 0.1) is 6.54 Å². The van der Waals surface area contributed by atoms with Crippen LogP contribution < -0.4 is 5.32 Å². The molecule has 2 saturated carbocycles. The molecule has 1 amide bonds. The van der Waals surface area contributed by atoms with Crippen LogP contribution in [0.4, 0.5) is 0 Å². The van der Waals surface area contributed by atoms with E-state index in [0.29, 0.717) is 24.9 Å². The number of hydrogen-bond acceptors (Lipinski definition) is 4. The smallest absolute Gasteiger partial charge is 0.222 e. The maximum Gasteiger partial charge on any atom is 0.222 e. The van der Waals surface area contributed by atoms with Crippen LogP contribution in [0.2, 0.25) is 0 Å². The molecule has 19 heavy (non-hydrogen) atoms. The molecule has 0 aromatic carbocycles. The van der Waals surface area contributed by atoms with Crippen molar-refractivity contribution in [3.05, 3.63) is 6.33 Å². The summed E-state index contributed by atoms with van der Waals surface area (Å²) in [6.45, 7) is 2.70. The number of nitrogens with zero attached hydrogens (tertiary/aromatic N) is 4. The summed E-state index contributed by atoms with van der Waals surface area (Å²) < 4.78 is 1.59. The quantitative estimate of drug-likeness (QED) is 0.860. The van der Waals surface area contributed by atoms with E-state index >= 15 is 0 Å². The highest BCUT2D eigenvalue weighted by atomic mass is 16.1. The summed E-state index contributed by atoms with van der Waals surface area (Å²) in [6, 6.07) is 0.302. The lowest BCUT2D eigenvalue weighted by molar-refractivity contribution is -0.122. The van der Waals surface area contributed by atoms with Gasteiger partial charge in [-0.05, 0) is 54.4 Å². The summed E-state index contributed by atoms with van der Waals surface area (Å²) in [7, 11) is 0. The number of nitrogens with one attached hydrogen (secondary N) is 1. The molecule has 2 bridgehead atoms. The third-order valence-electron chi connectivity index (χ3n) is 4.78. The van der Waals surface area contributed by atoms with Crippen LogP contribution in [0.15, 0.2) is 6.33 Å². The van der Waals surface area contributed by atoms with Crippen LogP contribution in [-0.4, -0.2) is 32.2 Å². The van der Waals surface area contributed by atoms with E-state index in [1.54, 1.807) is 4.68 Å². The molecule has 3 rings (SSSR count). The van der Waals surface area contributed by atoms with E-state index in [9.17, 15) is 4.79 Å². The van der Waals surface area contributed by atoms with E-state index < -0.39 is 0 Å². The van der Waals surface area contributed by atoms with Gasteiger partial charge in [0.1, 0.15) is 6.33 Å². The van der Waals surface area contributed by atoms with Crippen molar-refractivity contribution in [1.82, 2.24) is 25.5 Å². The first-order chi connectivity index (χ1) is 9.22. The largest absolute Gasteiger partial charge is 0.353 e. The highest BCUT2D eigenvalue weighted by Crippen LogP contribution is 2.49. The van der Waals surface area contributed by atoms with E-state index in [-0.39, 0.29) is 5.91 Å². The predicted octanol–water partition coefficient (Wildman–Crippen LogP) is 1.00. The number of amides is 1. The lowest BCUT2D eigenvalue weighted by atomic mass is 9.84. The molecular formula is C13H21N5O. The molecule has 0 spiro atoms. The number of hydrogen-bond donors (Lipinski definition) is 1. The number of fused-ring (bicyclic) bond motifs is 2. The first-order valence-electron chi connectivity index (χ1n) is 7.22. The third kappa shape index (κ3) is 2.77. The Labute approximate surface area is 112 Å². The number of tetrazole rings is 1. The molecule has 2 aliphatic carbocycles. The number of aromatic nitrogens is 4. The first kappa shape index (κ1) is 12.6. The van der Waals surface area contributed by atoms with Gasteiger partial charge < -0.3 is 5.32 Å². The van der Waals surface area contributed by atoms with Crippen LogP contribution >= 0.6 is 0 Å². The van der Waals surface area contributed by atoms with E-state index in [0.717, 1.165) is 11.8 Å². The molecule has 104 valence electrons. The molecule has 6 heteroatoms. The van der Waals surface area contributed by atoms with Crippen molar-refractivity contribution in [1.29, 1.82) is 0 Å². The molecular weight excluding hydrogens is 242 g/mol. The van der Waals surface area contributed by atoms with Crippen molar-refractivity contribution in [2.45, 2.75) is 51.6 Å². The van der Waals surface area contributed by atoms with Crippen molar-refractivity contribution >= 4 is 5.91 Å². The second-order valence-electron chi connectivity index (χ2n) is 6.02. The summed E-state index contributed by atoms with van der Waals surface area (Å²) in [5.74, 6) is 2.57. The minimum absolute atomic E-state index is 0.103. The highest BCUT2D eigenvalue weighted by molar-refractivity contribution is 5.76. The van der Waals surface area contributed by atoms with E-state index in [4.69, 9.17) is 0 Å². The van der Waals surface area contributed by atoms with Gasteiger partial charge in [-0.25, -0.2) is 4.68 Å². The summed E-state index contributed by atoms with van der Waals surface area (Å²) in [5.41, 5.74) is 0. The standard InChI is InChI=1S/C13H21N5O/c1-9(12-7-10-2-3-11(12)6-10)15-13(19)4-5-18-8-14-16-17-18/h8-12H,2-7H2,1H3,(H,15,19). The van der Waals surface area contributed by atoms with E-state index in [1.165, 1.54) is 32.0 Å². The summed E-state index contributed by atoms with van der Waals surface area (Å²) in [5, 5.41) is 14.0. The van der Waals surface area contributed by atoms with Gasteiger partial charge in [-0.1, -0.05) is 6.42 Å². The average Bonchev–Trinajstić information content (AvgIpc) is 3.13. The highest BCUT2D eigenvalue weighted by Gasteiger charge is 2.41. The SMILES string of the molecule is CC(NC(=O)CCn1cnnn1)C1CC2CCC1C2. The van der Waals surface area contributed by atoms with Crippen LogP contribution in [0, 0.1) is 17.8 Å². The third-order valence-corrected chi connectivity index (χ3v) is 4.78. The molecule has 0 radical (unpaired) electrons. The molecule has 4 unspecified atom stereocenters. The Morgan fingerprint density at radius 1 is 1.47 bits per heavy atom.